The SMILES string of the molecule is CCN(c1ccco1)c1ccco1. The molecule has 3 heteroatoms. The lowest BCUT2D eigenvalue weighted by Crippen LogP contribution is -2.14. The Morgan fingerprint density at radius 3 is 1.92 bits per heavy atom. The molecule has 2 heterocycles. The number of nitrogens with zero attached hydrogens (tertiary/aromatic N) is 1. The smallest absolute Gasteiger partial charge is 0.201 e. The van der Waals surface area contributed by atoms with E-state index >= 15 is 0 Å². The molecule has 0 aliphatic carbocycles. The molecule has 0 atom stereocenters. The van der Waals surface area contributed by atoms with E-state index in [1.807, 2.05) is 36.1 Å². The maximum atomic E-state index is 5.28. The Kier molecular flexibility index (Phi) is 2.08. The van der Waals surface area contributed by atoms with Gasteiger partial charge in [0.15, 0.2) is 0 Å². The van der Waals surface area contributed by atoms with Crippen molar-refractivity contribution in [2.24, 2.45) is 0 Å². The van der Waals surface area contributed by atoms with Gasteiger partial charge in [-0.3, -0.25) is 4.90 Å². The van der Waals surface area contributed by atoms with Crippen molar-refractivity contribution < 1.29 is 8.83 Å². The van der Waals surface area contributed by atoms with Crippen LogP contribution in [0.5, 0.6) is 0 Å². The molecular weight excluding hydrogens is 166 g/mol. The van der Waals surface area contributed by atoms with Crippen LogP contribution < -0.4 is 4.90 Å². The first kappa shape index (κ1) is 7.98. The quantitative estimate of drug-likeness (QED) is 0.721. The minimum absolute atomic E-state index is 0.803. The summed E-state index contributed by atoms with van der Waals surface area (Å²) in [6, 6.07) is 7.54. The van der Waals surface area contributed by atoms with Crippen molar-refractivity contribution in [3.8, 4) is 0 Å². The van der Waals surface area contributed by atoms with Gasteiger partial charge in [-0.25, -0.2) is 0 Å². The third-order valence-corrected chi connectivity index (χ3v) is 1.86. The first-order valence-corrected chi connectivity index (χ1v) is 4.26. The Bertz CT molecular complexity index is 303. The summed E-state index contributed by atoms with van der Waals surface area (Å²) in [6.07, 6.45) is 3.31. The van der Waals surface area contributed by atoms with Crippen LogP contribution in [0, 0.1) is 0 Å². The predicted molar refractivity (Wildman–Crippen MR) is 50.1 cm³/mol. The van der Waals surface area contributed by atoms with Crippen LogP contribution in [0.2, 0.25) is 0 Å². The number of anilines is 2. The maximum absolute atomic E-state index is 5.28. The zero-order chi connectivity index (χ0) is 9.10. The van der Waals surface area contributed by atoms with Crippen molar-refractivity contribution in [2.75, 3.05) is 11.4 Å². The van der Waals surface area contributed by atoms with Crippen LogP contribution in [-0.4, -0.2) is 6.54 Å². The van der Waals surface area contributed by atoms with Gasteiger partial charge >= 0.3 is 0 Å². The van der Waals surface area contributed by atoms with Crippen LogP contribution >= 0.6 is 0 Å². The highest BCUT2D eigenvalue weighted by Gasteiger charge is 2.10. The molecule has 0 saturated carbocycles. The van der Waals surface area contributed by atoms with E-state index in [0.717, 1.165) is 18.3 Å². The Morgan fingerprint density at radius 1 is 1.08 bits per heavy atom. The number of hydrogen-bond donors (Lipinski definition) is 0. The standard InChI is InChI=1S/C10H11NO2/c1-2-11(9-5-3-7-12-9)10-6-4-8-13-10/h3-8H,2H2,1H3. The summed E-state index contributed by atoms with van der Waals surface area (Å²) < 4.78 is 10.6. The molecule has 68 valence electrons. The average Bonchev–Trinajstić information content (AvgIpc) is 2.76. The molecule has 2 aromatic heterocycles. The predicted octanol–water partition coefficient (Wildman–Crippen LogP) is 3.03. The first-order chi connectivity index (χ1) is 6.42. The number of furan rings is 2. The molecule has 0 aromatic carbocycles. The molecule has 0 N–H and O–H groups in total. The van der Waals surface area contributed by atoms with E-state index in [4.69, 9.17) is 8.83 Å². The summed E-state index contributed by atoms with van der Waals surface area (Å²) >= 11 is 0. The Morgan fingerprint density at radius 2 is 1.62 bits per heavy atom. The monoisotopic (exact) mass is 177 g/mol. The number of rotatable bonds is 3. The highest BCUT2D eigenvalue weighted by atomic mass is 16.4. The van der Waals surface area contributed by atoms with Gasteiger partial charge in [0.1, 0.15) is 0 Å². The van der Waals surface area contributed by atoms with Gasteiger partial charge in [0.05, 0.1) is 12.5 Å². The Balaban J connectivity index is 2.29. The third kappa shape index (κ3) is 1.45. The second-order valence-corrected chi connectivity index (χ2v) is 2.65. The molecule has 3 nitrogen and oxygen atoms in total. The minimum Gasteiger partial charge on any atom is -0.448 e. The summed E-state index contributed by atoms with van der Waals surface area (Å²) in [6.45, 7) is 2.87. The largest absolute Gasteiger partial charge is 0.448 e. The Hall–Kier alpha value is -1.64. The topological polar surface area (TPSA) is 29.5 Å². The highest BCUT2D eigenvalue weighted by Crippen LogP contribution is 2.25. The van der Waals surface area contributed by atoms with E-state index in [1.165, 1.54) is 0 Å². The summed E-state index contributed by atoms with van der Waals surface area (Å²) in [7, 11) is 0. The summed E-state index contributed by atoms with van der Waals surface area (Å²) in [5.74, 6) is 1.61. The van der Waals surface area contributed by atoms with Gasteiger partial charge in [0.2, 0.25) is 11.8 Å². The zero-order valence-electron chi connectivity index (χ0n) is 7.43. The number of hydrogen-bond acceptors (Lipinski definition) is 3. The van der Waals surface area contributed by atoms with Crippen LogP contribution in [0.15, 0.2) is 45.6 Å². The zero-order valence-corrected chi connectivity index (χ0v) is 7.43. The third-order valence-electron chi connectivity index (χ3n) is 1.86. The molecule has 0 fully saturated rings. The van der Waals surface area contributed by atoms with Gasteiger partial charge in [0.25, 0.3) is 0 Å². The molecule has 0 bridgehead atoms. The maximum Gasteiger partial charge on any atom is 0.201 e. The van der Waals surface area contributed by atoms with Crippen molar-refractivity contribution in [3.63, 3.8) is 0 Å². The van der Waals surface area contributed by atoms with Crippen LogP contribution in [0.25, 0.3) is 0 Å². The lowest BCUT2D eigenvalue weighted by molar-refractivity contribution is 0.525. The van der Waals surface area contributed by atoms with Gasteiger partial charge in [0, 0.05) is 18.7 Å². The van der Waals surface area contributed by atoms with Crippen LogP contribution in [0.3, 0.4) is 0 Å². The van der Waals surface area contributed by atoms with Crippen molar-refractivity contribution in [3.05, 3.63) is 36.8 Å². The van der Waals surface area contributed by atoms with Crippen molar-refractivity contribution in [2.45, 2.75) is 6.92 Å². The fourth-order valence-corrected chi connectivity index (χ4v) is 1.27. The first-order valence-electron chi connectivity index (χ1n) is 4.26. The lowest BCUT2D eigenvalue weighted by Gasteiger charge is -2.15. The fourth-order valence-electron chi connectivity index (χ4n) is 1.27. The molecular formula is C10H11NO2. The fraction of sp³-hybridized carbons (Fsp3) is 0.200. The van der Waals surface area contributed by atoms with E-state index in [9.17, 15) is 0 Å². The molecule has 2 rings (SSSR count). The van der Waals surface area contributed by atoms with Gasteiger partial charge in [-0.05, 0) is 19.1 Å². The molecule has 0 radical (unpaired) electrons. The molecule has 0 spiro atoms. The molecule has 13 heavy (non-hydrogen) atoms. The van der Waals surface area contributed by atoms with Gasteiger partial charge in [-0.2, -0.15) is 0 Å². The second kappa shape index (κ2) is 3.39. The highest BCUT2D eigenvalue weighted by molar-refractivity contribution is 5.51. The molecule has 0 aliphatic rings. The molecule has 0 aliphatic heterocycles. The average molecular weight is 177 g/mol. The van der Waals surface area contributed by atoms with Crippen molar-refractivity contribution >= 4 is 11.8 Å². The van der Waals surface area contributed by atoms with Crippen molar-refractivity contribution in [1.29, 1.82) is 0 Å². The van der Waals surface area contributed by atoms with Crippen LogP contribution in [-0.2, 0) is 0 Å². The summed E-state index contributed by atoms with van der Waals surface area (Å²) in [4.78, 5) is 1.96. The summed E-state index contributed by atoms with van der Waals surface area (Å²) in [5, 5.41) is 0. The van der Waals surface area contributed by atoms with E-state index < -0.39 is 0 Å². The van der Waals surface area contributed by atoms with Crippen molar-refractivity contribution in [1.82, 2.24) is 0 Å². The molecule has 0 amide bonds. The van der Waals surface area contributed by atoms with Gasteiger partial charge < -0.3 is 8.83 Å². The normalized spacial score (nSPS) is 10.2. The molecule has 2 aromatic rings. The second-order valence-electron chi connectivity index (χ2n) is 2.65. The van der Waals surface area contributed by atoms with E-state index in [2.05, 4.69) is 0 Å². The Labute approximate surface area is 76.6 Å². The van der Waals surface area contributed by atoms with E-state index in [1.54, 1.807) is 12.5 Å². The molecule has 0 unspecified atom stereocenters. The van der Waals surface area contributed by atoms with E-state index in [-0.39, 0.29) is 0 Å². The molecule has 0 saturated heterocycles. The van der Waals surface area contributed by atoms with Crippen LogP contribution in [0.1, 0.15) is 6.92 Å². The lowest BCUT2D eigenvalue weighted by atomic mass is 10.5. The van der Waals surface area contributed by atoms with Gasteiger partial charge in [-0.15, -0.1) is 0 Å². The van der Waals surface area contributed by atoms with Gasteiger partial charge in [-0.1, -0.05) is 0 Å². The minimum atomic E-state index is 0.803. The summed E-state index contributed by atoms with van der Waals surface area (Å²) in [5.41, 5.74) is 0. The van der Waals surface area contributed by atoms with E-state index in [0.29, 0.717) is 0 Å². The van der Waals surface area contributed by atoms with Crippen LogP contribution in [0.4, 0.5) is 11.8 Å².